The van der Waals surface area contributed by atoms with E-state index in [4.69, 9.17) is 11.1 Å². The Kier molecular flexibility index (Phi) is 550. The fourth-order valence-corrected chi connectivity index (χ4v) is 3.73. The molecule has 0 radical (unpaired) electrons. The number of hydrogen-bond acceptors (Lipinski definition) is 4. The smallest absolute Gasteiger partial charge is 0.129 e. The number of Topliss-reactive ketones (excluding diaryl/α,β-unsaturated/α-hetero) is 1. The van der Waals surface area contributed by atoms with Gasteiger partial charge in [0.1, 0.15) is 5.78 Å². The zero-order valence-corrected chi connectivity index (χ0v) is 144. The van der Waals surface area contributed by atoms with E-state index in [0.717, 1.165) is 106 Å². The van der Waals surface area contributed by atoms with Crippen molar-refractivity contribution in [2.75, 3.05) is 5.75 Å². The van der Waals surface area contributed by atoms with Crippen LogP contribution in [-0.2, 0) is 562 Å². The summed E-state index contributed by atoms with van der Waals surface area (Å²) in [7, 11) is 0. The van der Waals surface area contributed by atoms with Gasteiger partial charge in [0.25, 0.3) is 0 Å². The fourth-order valence-electron chi connectivity index (χ4n) is 3.73. The number of para-hydroxylation sites is 1. The molecule has 1 aliphatic heterocycles. The van der Waals surface area contributed by atoms with Crippen LogP contribution < -0.4 is 4.98 Å². The number of benzene rings is 2. The monoisotopic (exact) mass is 5740 g/mol. The van der Waals surface area contributed by atoms with Gasteiger partial charge in [0.2, 0.25) is 0 Å². The van der Waals surface area contributed by atoms with Crippen LogP contribution in [-0.4, -0.2) is 29.4 Å². The molecule has 0 atom stereocenters. The van der Waals surface area contributed by atoms with Gasteiger partial charge in [-0.3, -0.25) is 4.99 Å². The molecule has 0 bridgehead atoms. The molecule has 1 aromatic heterocycles. The molecule has 0 saturated heterocycles. The van der Waals surface area contributed by atoms with Crippen LogP contribution in [0.25, 0.3) is 22.0 Å². The predicted molar refractivity (Wildman–Crippen MR) is 381 cm³/mol. The van der Waals surface area contributed by atoms with Crippen molar-refractivity contribution in [1.82, 2.24) is 4.98 Å². The third kappa shape index (κ3) is 315. The maximum Gasteiger partial charge on any atom is 0.129 e. The van der Waals surface area contributed by atoms with E-state index in [0.29, 0.717) is 12.1 Å². The zero-order chi connectivity index (χ0) is 64.3. The summed E-state index contributed by atoms with van der Waals surface area (Å²) >= 11 is 4.55. The molecule has 4 rings (SSSR count). The summed E-state index contributed by atoms with van der Waals surface area (Å²) in [4.78, 5) is 28.1. The van der Waals surface area contributed by atoms with Crippen molar-refractivity contribution in [1.29, 1.82) is 0 Å². The number of amides is 1. The Morgan fingerprint density at radius 1 is 0.457 bits per heavy atom. The van der Waals surface area contributed by atoms with Crippen LogP contribution in [0.4, 0.5) is 0 Å². The van der Waals surface area contributed by atoms with Gasteiger partial charge in [-0.05, 0) is 73.6 Å². The van der Waals surface area contributed by atoms with E-state index in [9.17, 15) is 9.59 Å². The minimum atomic E-state index is -0.461. The fraction of sp³-hybridized carbons (Fsp3) is 0.712. The van der Waals surface area contributed by atoms with E-state index in [1.165, 1.54) is 60.7 Å². The Morgan fingerprint density at radius 3 is 0.895 bits per heavy atom. The number of nitrogens with zero attached hydrogens (tertiary/aromatic N) is 3. The summed E-state index contributed by atoms with van der Waals surface area (Å²) < 4.78 is 0. The topological polar surface area (TPSA) is 107 Å². The van der Waals surface area contributed by atoms with E-state index < -0.39 is 5.91 Å². The van der Waals surface area contributed by atoms with Crippen LogP contribution in [0.3, 0.4) is 0 Å². The van der Waals surface area contributed by atoms with Crippen molar-refractivity contribution in [3.05, 3.63) is 102 Å². The molecule has 105 heavy (non-hydrogen) atoms. The molecular formula is C73H145N4O2SW25-5. The number of unbranched alkanes of at least 4 members (excludes halogenated alkanes) is 2. The van der Waals surface area contributed by atoms with Crippen molar-refractivity contribution < 1.29 is 536 Å². The van der Waals surface area contributed by atoms with E-state index in [2.05, 4.69) is 230 Å². The van der Waals surface area contributed by atoms with Gasteiger partial charge in [-0.15, -0.1) is 5.52 Å². The number of rotatable bonds is 14. The average molecular weight is 5740 g/mol. The van der Waals surface area contributed by atoms with Gasteiger partial charge in [-0.1, -0.05) is 331 Å². The van der Waals surface area contributed by atoms with Gasteiger partial charge < -0.3 is 45.8 Å². The van der Waals surface area contributed by atoms with Crippen molar-refractivity contribution in [2.24, 2.45) is 28.7 Å². The van der Waals surface area contributed by atoms with E-state index in [-0.39, 0.29) is 540 Å². The number of aliphatic imine (C=N–C) groups is 1. The quantitative estimate of drug-likeness (QED) is 0.0910. The number of hydrogen-bond donors (Lipinski definition) is 0. The van der Waals surface area contributed by atoms with Crippen LogP contribution in [0.15, 0.2) is 77.6 Å². The second-order valence-corrected chi connectivity index (χ2v) is 21.1. The minimum Gasteiger partial charge on any atom is -0.811 e. The standard InChI is InChI=1S/C10H10N.C8H10.C6H9N.C6H12N.C5H10O.2C5H12.C4H9NO.3C4H10.C3H8S.2C3H8.C2H6.CH3.25W/c1-2-8-7-11-10-6-4-3-5-9(8)10;1-2-8-6-4-3-5-7-8;1-2-6-4-3-5-7-6;1-3-4-5-6(2)7;1-3-4-5(2)6;2*1-4-5(2)3;1-2-3-4(5)6;2*1-4(2)3;1-3-4-2;1-2-3-4;2*1-3-2;1-2;;;;;;;;;;;;;;;;;;;;;;;;;;/h3-7H,2H2,1H3;3-7H,2H2,1H3;4-5H,2-3H2,1H3;3-5H2,1-2H3;3-4H2,1-2H3;2*5H,4H2,1-3H3;2-3H2,1H3,(H2,5,6);2*4H,1-3H3;3-4H2,1-2H3;4H,2-3H2,1H3;2*3H2,1-2H3;1-2H3;1H3;;;;;;;;;;;;;;;;;;;;;;;;;/q-1;;;-1;;;;;;;;;;;;-1;;;;;;;;;;;;;;;;;;;;;;;;;/p-2. The van der Waals surface area contributed by atoms with Gasteiger partial charge in [-0.2, -0.15) is 11.9 Å². The molecule has 32 heteroatoms. The molecule has 2 heterocycles. The third-order valence-electron chi connectivity index (χ3n) is 8.63. The van der Waals surface area contributed by atoms with Crippen molar-refractivity contribution >= 4 is 47.1 Å². The van der Waals surface area contributed by atoms with E-state index in [1.54, 1.807) is 13.8 Å². The molecular weight excluding hydrogens is 5590 g/mol. The second-order valence-electron chi connectivity index (χ2n) is 20.7. The average Bonchev–Trinajstić information content (AvgIpc) is 4.11. The van der Waals surface area contributed by atoms with Crippen molar-refractivity contribution in [3.8, 4) is 0 Å². The van der Waals surface area contributed by atoms with Crippen LogP contribution in [0.2, 0.25) is 0 Å². The Hall–Kier alpha value is 13.8. The number of carbonyl (C=O) groups excluding carboxylic acids is 2. The second kappa shape index (κ2) is 234. The molecule has 0 spiro atoms. The van der Waals surface area contributed by atoms with Crippen molar-refractivity contribution in [3.63, 3.8) is 0 Å². The minimum absolute atomic E-state index is 0. The number of nitrogens with one attached hydrogen (secondary N) is 1. The molecule has 1 amide bonds. The maximum atomic E-state index is 10.0. The van der Waals surface area contributed by atoms with E-state index >= 15 is 0 Å². The first-order valence-corrected chi connectivity index (χ1v) is 32.4. The number of aromatic nitrogens is 1. The Balaban J connectivity index is -0.0000000134. The Bertz CT molecular complexity index is 1600. The molecule has 1 N–H and O–H groups in total. The van der Waals surface area contributed by atoms with Crippen LogP contribution in [0, 0.1) is 31.1 Å². The summed E-state index contributed by atoms with van der Waals surface area (Å²) in [5.74, 6) is 4.17. The molecule has 630 valence electrons. The van der Waals surface area contributed by atoms with Gasteiger partial charge in [-0.25, -0.2) is 5.71 Å². The number of allylic oxidation sites excluding steroid dienone is 2. The molecule has 0 fully saturated rings. The summed E-state index contributed by atoms with van der Waals surface area (Å²) in [6, 6.07) is 18.7. The summed E-state index contributed by atoms with van der Waals surface area (Å²) in [6.45, 7) is 61.0. The third-order valence-corrected chi connectivity index (χ3v) is 9.04. The van der Waals surface area contributed by atoms with Crippen LogP contribution >= 0.6 is 0 Å². The summed E-state index contributed by atoms with van der Waals surface area (Å²) in [5.41, 5.74) is 12.0. The zero-order valence-electron chi connectivity index (χ0n) is 69.9. The van der Waals surface area contributed by atoms with Crippen molar-refractivity contribution in [2.45, 2.75) is 316 Å². The number of fused-ring (bicyclic) bond motifs is 1. The van der Waals surface area contributed by atoms with Gasteiger partial charge >= 0.3 is 0 Å². The first kappa shape index (κ1) is 246. The molecule has 1 aliphatic rings. The normalized spacial score (nSPS) is 7.09. The Labute approximate surface area is 1020 Å². The van der Waals surface area contributed by atoms with Gasteiger partial charge in [0, 0.05) is 557 Å². The number of carbonyl (C=O) groups is 2. The predicted octanol–water partition coefficient (Wildman–Crippen LogP) is 25.7. The van der Waals surface area contributed by atoms with Gasteiger partial charge in [0.05, 0.1) is 0 Å². The molecule has 0 aliphatic carbocycles. The Morgan fingerprint density at radius 2 is 0.752 bits per heavy atom. The summed E-state index contributed by atoms with van der Waals surface area (Å²) in [5, 5.41) is 9.90. The SMILES string of the molecule is CC.CC(C)C.CC(C)C.CCC.CCC.CCC(C)C.CCC(C)C.CCC1=CCC=N1.CCCC.CCCC(C)=O.CCCC([NH-])=O.CCCCC(C)=[N-].CCC[S-].CCc1c[n-]c2ccccc12.CCc1ccccc1.[CH3-].[W].[W].[W].[W].[W].[W].[W].[W].[W].[W].[W].[W].[W].[W].[W].[W].[W].[W].[W].[W].[W].[W].[W].[W].[W]. The maximum absolute atomic E-state index is 10.0. The molecule has 0 unspecified atom stereocenters. The first-order chi connectivity index (χ1) is 37.2. The van der Waals surface area contributed by atoms with Crippen LogP contribution in [0.5, 0.6) is 0 Å². The van der Waals surface area contributed by atoms with Crippen LogP contribution in [0.1, 0.15) is 315 Å². The molecule has 6 nitrogen and oxygen atoms in total. The number of aryl methyl sites for hydroxylation is 2. The number of ketones is 1. The van der Waals surface area contributed by atoms with Gasteiger partial charge in [0.15, 0.2) is 0 Å². The summed E-state index contributed by atoms with van der Waals surface area (Å²) in [6.07, 6.45) is 25.3. The molecule has 3 aromatic rings. The van der Waals surface area contributed by atoms with E-state index in [1.807, 2.05) is 52.2 Å². The molecule has 0 saturated carbocycles. The molecule has 2 aromatic carbocycles. The first-order valence-electron chi connectivity index (χ1n) is 31.8. The largest absolute Gasteiger partial charge is 0.811 e.